The molecular formula is C11H18N2S2. The van der Waals surface area contributed by atoms with Gasteiger partial charge in [0.05, 0.1) is 6.04 Å². The molecule has 0 bridgehead atoms. The predicted molar refractivity (Wildman–Crippen MR) is 69.7 cm³/mol. The van der Waals surface area contributed by atoms with Crippen molar-refractivity contribution >= 4 is 23.1 Å². The fourth-order valence-electron chi connectivity index (χ4n) is 1.97. The molecule has 2 N–H and O–H groups in total. The minimum atomic E-state index is 0.449. The smallest absolute Gasteiger partial charge is 0.0564 e. The van der Waals surface area contributed by atoms with E-state index in [0.29, 0.717) is 6.04 Å². The highest BCUT2D eigenvalue weighted by atomic mass is 32.2. The van der Waals surface area contributed by atoms with E-state index in [1.165, 1.54) is 34.3 Å². The van der Waals surface area contributed by atoms with Crippen LogP contribution in [-0.4, -0.2) is 36.0 Å². The van der Waals surface area contributed by atoms with Gasteiger partial charge in [-0.15, -0.1) is 11.3 Å². The highest BCUT2D eigenvalue weighted by molar-refractivity contribution is 7.99. The molecular weight excluding hydrogens is 224 g/mol. The Bertz CT molecular complexity index is 305. The predicted octanol–water partition coefficient (Wildman–Crippen LogP) is 2.11. The Labute approximate surface area is 99.8 Å². The van der Waals surface area contributed by atoms with Crippen molar-refractivity contribution in [1.82, 2.24) is 4.90 Å². The van der Waals surface area contributed by atoms with Gasteiger partial charge in [0.1, 0.15) is 0 Å². The van der Waals surface area contributed by atoms with Crippen molar-refractivity contribution in [1.29, 1.82) is 0 Å². The lowest BCUT2D eigenvalue weighted by Crippen LogP contribution is -2.39. The molecule has 1 aromatic rings. The molecule has 0 aromatic carbocycles. The Kier molecular flexibility index (Phi) is 4.08. The van der Waals surface area contributed by atoms with Crippen molar-refractivity contribution in [3.8, 4) is 0 Å². The standard InChI is InChI=1S/C11H18N2S2/c1-9-2-3-11(15-9)10(8-12)13-4-6-14-7-5-13/h2-3,10H,4-8,12H2,1H3. The van der Waals surface area contributed by atoms with Gasteiger partial charge >= 0.3 is 0 Å². The lowest BCUT2D eigenvalue weighted by atomic mass is 10.2. The summed E-state index contributed by atoms with van der Waals surface area (Å²) in [5, 5.41) is 0. The van der Waals surface area contributed by atoms with Crippen LogP contribution < -0.4 is 5.73 Å². The van der Waals surface area contributed by atoms with E-state index in [0.717, 1.165) is 6.54 Å². The first-order valence-corrected chi connectivity index (χ1v) is 7.36. The van der Waals surface area contributed by atoms with E-state index < -0.39 is 0 Å². The average Bonchev–Trinajstić information content (AvgIpc) is 2.68. The van der Waals surface area contributed by atoms with Crippen molar-refractivity contribution in [3.63, 3.8) is 0 Å². The normalized spacial score (nSPS) is 20.4. The van der Waals surface area contributed by atoms with Crippen molar-refractivity contribution in [2.24, 2.45) is 5.73 Å². The van der Waals surface area contributed by atoms with E-state index in [2.05, 4.69) is 24.0 Å². The van der Waals surface area contributed by atoms with Crippen LogP contribution in [0.1, 0.15) is 15.8 Å². The molecule has 84 valence electrons. The van der Waals surface area contributed by atoms with Crippen LogP contribution >= 0.6 is 23.1 Å². The summed E-state index contributed by atoms with van der Waals surface area (Å²) in [6, 6.07) is 4.88. The van der Waals surface area contributed by atoms with Crippen molar-refractivity contribution in [2.75, 3.05) is 31.1 Å². The molecule has 0 saturated carbocycles. The zero-order chi connectivity index (χ0) is 10.7. The third-order valence-electron chi connectivity index (χ3n) is 2.80. The third-order valence-corrected chi connectivity index (χ3v) is 4.84. The summed E-state index contributed by atoms with van der Waals surface area (Å²) in [6.07, 6.45) is 0. The maximum Gasteiger partial charge on any atom is 0.0564 e. The van der Waals surface area contributed by atoms with Crippen LogP contribution in [0.2, 0.25) is 0 Å². The van der Waals surface area contributed by atoms with Gasteiger partial charge in [-0.25, -0.2) is 0 Å². The van der Waals surface area contributed by atoms with Crippen LogP contribution in [0.15, 0.2) is 12.1 Å². The Balaban J connectivity index is 2.08. The van der Waals surface area contributed by atoms with Crippen LogP contribution in [0, 0.1) is 6.92 Å². The molecule has 0 radical (unpaired) electrons. The van der Waals surface area contributed by atoms with Gasteiger partial charge in [-0.05, 0) is 19.1 Å². The molecule has 4 heteroatoms. The second kappa shape index (κ2) is 5.34. The summed E-state index contributed by atoms with van der Waals surface area (Å²) >= 11 is 3.93. The number of nitrogens with zero attached hydrogens (tertiary/aromatic N) is 1. The fraction of sp³-hybridized carbons (Fsp3) is 0.636. The monoisotopic (exact) mass is 242 g/mol. The van der Waals surface area contributed by atoms with Gasteiger partial charge in [-0.1, -0.05) is 0 Å². The molecule has 1 saturated heterocycles. The average molecular weight is 242 g/mol. The van der Waals surface area contributed by atoms with Crippen LogP contribution in [0.5, 0.6) is 0 Å². The minimum Gasteiger partial charge on any atom is -0.329 e. The highest BCUT2D eigenvalue weighted by Gasteiger charge is 2.21. The Morgan fingerprint density at radius 3 is 2.67 bits per heavy atom. The molecule has 1 atom stereocenters. The van der Waals surface area contributed by atoms with Gasteiger partial charge in [-0.3, -0.25) is 4.90 Å². The summed E-state index contributed by atoms with van der Waals surface area (Å²) in [5.41, 5.74) is 5.90. The van der Waals surface area contributed by atoms with Crippen molar-refractivity contribution in [3.05, 3.63) is 21.9 Å². The molecule has 0 aliphatic carbocycles. The number of thioether (sulfide) groups is 1. The van der Waals surface area contributed by atoms with Crippen LogP contribution in [-0.2, 0) is 0 Å². The first-order chi connectivity index (χ1) is 7.31. The second-order valence-electron chi connectivity index (χ2n) is 3.85. The van der Waals surface area contributed by atoms with Crippen LogP contribution in [0.3, 0.4) is 0 Å². The SMILES string of the molecule is Cc1ccc(C(CN)N2CCSCC2)s1. The van der Waals surface area contributed by atoms with E-state index in [1.807, 2.05) is 23.1 Å². The first-order valence-electron chi connectivity index (χ1n) is 5.39. The Morgan fingerprint density at radius 1 is 1.40 bits per heavy atom. The number of hydrogen-bond donors (Lipinski definition) is 1. The molecule has 15 heavy (non-hydrogen) atoms. The minimum absolute atomic E-state index is 0.449. The molecule has 1 aliphatic rings. The largest absolute Gasteiger partial charge is 0.329 e. The summed E-state index contributed by atoms with van der Waals surface area (Å²) in [7, 11) is 0. The third kappa shape index (κ3) is 2.75. The number of thiophene rings is 1. The van der Waals surface area contributed by atoms with E-state index >= 15 is 0 Å². The summed E-state index contributed by atoms with van der Waals surface area (Å²) in [5.74, 6) is 2.50. The second-order valence-corrected chi connectivity index (χ2v) is 6.39. The lowest BCUT2D eigenvalue weighted by molar-refractivity contribution is 0.226. The van der Waals surface area contributed by atoms with Gasteiger partial charge in [0, 0.05) is 40.9 Å². The molecule has 0 amide bonds. The molecule has 2 heterocycles. The number of aryl methyl sites for hydroxylation is 1. The van der Waals surface area contributed by atoms with E-state index in [4.69, 9.17) is 5.73 Å². The quantitative estimate of drug-likeness (QED) is 0.880. The van der Waals surface area contributed by atoms with Crippen molar-refractivity contribution < 1.29 is 0 Å². The van der Waals surface area contributed by atoms with Gasteiger partial charge in [0.25, 0.3) is 0 Å². The van der Waals surface area contributed by atoms with Gasteiger partial charge in [0.15, 0.2) is 0 Å². The maximum absolute atomic E-state index is 5.90. The number of nitrogens with two attached hydrogens (primary N) is 1. The summed E-state index contributed by atoms with van der Waals surface area (Å²) in [4.78, 5) is 5.35. The van der Waals surface area contributed by atoms with Crippen LogP contribution in [0.25, 0.3) is 0 Å². The molecule has 0 spiro atoms. The molecule has 2 rings (SSSR count). The van der Waals surface area contributed by atoms with E-state index in [-0.39, 0.29) is 0 Å². The lowest BCUT2D eigenvalue weighted by Gasteiger charge is -2.33. The molecule has 1 aliphatic heterocycles. The first kappa shape index (κ1) is 11.5. The zero-order valence-corrected chi connectivity index (χ0v) is 10.7. The Morgan fingerprint density at radius 2 is 2.13 bits per heavy atom. The molecule has 1 aromatic heterocycles. The van der Waals surface area contributed by atoms with Crippen LogP contribution in [0.4, 0.5) is 0 Å². The molecule has 1 fully saturated rings. The molecule has 1 unspecified atom stereocenters. The fourth-order valence-corrected chi connectivity index (χ4v) is 3.92. The maximum atomic E-state index is 5.90. The number of hydrogen-bond acceptors (Lipinski definition) is 4. The Hall–Kier alpha value is -0.0300. The van der Waals surface area contributed by atoms with E-state index in [9.17, 15) is 0 Å². The van der Waals surface area contributed by atoms with Gasteiger partial charge < -0.3 is 5.73 Å². The van der Waals surface area contributed by atoms with Gasteiger partial charge in [0.2, 0.25) is 0 Å². The van der Waals surface area contributed by atoms with E-state index in [1.54, 1.807) is 0 Å². The summed E-state index contributed by atoms with van der Waals surface area (Å²) < 4.78 is 0. The molecule has 2 nitrogen and oxygen atoms in total. The number of rotatable bonds is 3. The highest BCUT2D eigenvalue weighted by Crippen LogP contribution is 2.28. The summed E-state index contributed by atoms with van der Waals surface area (Å²) in [6.45, 7) is 5.27. The topological polar surface area (TPSA) is 29.3 Å². The van der Waals surface area contributed by atoms with Crippen molar-refractivity contribution in [2.45, 2.75) is 13.0 Å². The zero-order valence-electron chi connectivity index (χ0n) is 9.11. The van der Waals surface area contributed by atoms with Gasteiger partial charge in [-0.2, -0.15) is 11.8 Å².